The standard InChI is InChI=1S/C33H37N3/c1-21(2)26-15-10-16-27(22(3)4)33(26)36-32(24-12-7-6-8-13-24)30-19-11-18-29(35-30)28-17-9-14-25-20-23(5)34-31(25)28/h6-19,21-23,32,34,36H,20H2,1-5H3/t23?,32-/m0/s1. The smallest absolute Gasteiger partial charge is 0.0940 e. The quantitative estimate of drug-likeness (QED) is 0.281. The molecule has 1 aliphatic rings. The summed E-state index contributed by atoms with van der Waals surface area (Å²) in [5, 5.41) is 7.64. The Morgan fingerprint density at radius 1 is 0.778 bits per heavy atom. The summed E-state index contributed by atoms with van der Waals surface area (Å²) in [5.41, 5.74) is 10.9. The minimum atomic E-state index is -0.0628. The lowest BCUT2D eigenvalue weighted by Crippen LogP contribution is -2.17. The summed E-state index contributed by atoms with van der Waals surface area (Å²) in [5.74, 6) is 0.837. The molecule has 3 nitrogen and oxygen atoms in total. The van der Waals surface area contributed by atoms with Crippen LogP contribution in [0.15, 0.2) is 84.9 Å². The van der Waals surface area contributed by atoms with Crippen LogP contribution in [0.1, 0.15) is 80.4 Å². The van der Waals surface area contributed by atoms with Crippen LogP contribution in [0, 0.1) is 0 Å². The second-order valence-electron chi connectivity index (χ2n) is 10.6. The van der Waals surface area contributed by atoms with E-state index in [0.717, 1.165) is 17.8 Å². The van der Waals surface area contributed by atoms with Crippen molar-refractivity contribution >= 4 is 11.4 Å². The molecule has 4 aromatic rings. The summed E-state index contributed by atoms with van der Waals surface area (Å²) >= 11 is 0. The van der Waals surface area contributed by atoms with E-state index in [1.165, 1.54) is 39.2 Å². The molecular formula is C33H37N3. The van der Waals surface area contributed by atoms with E-state index in [0.29, 0.717) is 17.9 Å². The molecule has 36 heavy (non-hydrogen) atoms. The molecule has 3 heteroatoms. The molecule has 2 heterocycles. The fraction of sp³-hybridized carbons (Fsp3) is 0.303. The van der Waals surface area contributed by atoms with Gasteiger partial charge in [0.15, 0.2) is 0 Å². The fourth-order valence-corrected chi connectivity index (χ4v) is 5.38. The van der Waals surface area contributed by atoms with Crippen LogP contribution in [0.4, 0.5) is 11.4 Å². The number of nitrogens with one attached hydrogen (secondary N) is 2. The Morgan fingerprint density at radius 2 is 1.44 bits per heavy atom. The molecule has 3 aromatic carbocycles. The van der Waals surface area contributed by atoms with Crippen LogP contribution in [0.2, 0.25) is 0 Å². The highest BCUT2D eigenvalue weighted by atomic mass is 15.0. The summed E-state index contributed by atoms with van der Waals surface area (Å²) in [6, 6.07) is 30.8. The van der Waals surface area contributed by atoms with Crippen molar-refractivity contribution < 1.29 is 0 Å². The molecule has 1 unspecified atom stereocenters. The number of pyridine rings is 1. The minimum absolute atomic E-state index is 0.0628. The third-order valence-corrected chi connectivity index (χ3v) is 7.20. The van der Waals surface area contributed by atoms with Gasteiger partial charge in [-0.25, -0.2) is 0 Å². The van der Waals surface area contributed by atoms with Crippen molar-refractivity contribution in [3.63, 3.8) is 0 Å². The Morgan fingerprint density at radius 3 is 2.14 bits per heavy atom. The Kier molecular flexibility index (Phi) is 6.82. The molecule has 0 saturated heterocycles. The minimum Gasteiger partial charge on any atom is -0.381 e. The Balaban J connectivity index is 1.62. The maximum atomic E-state index is 5.26. The highest BCUT2D eigenvalue weighted by Gasteiger charge is 2.23. The van der Waals surface area contributed by atoms with Gasteiger partial charge in [-0.05, 0) is 59.6 Å². The van der Waals surface area contributed by atoms with Gasteiger partial charge in [0.1, 0.15) is 0 Å². The third-order valence-electron chi connectivity index (χ3n) is 7.20. The zero-order valence-electron chi connectivity index (χ0n) is 22.0. The highest BCUT2D eigenvalue weighted by Crippen LogP contribution is 2.38. The van der Waals surface area contributed by atoms with Gasteiger partial charge in [0.25, 0.3) is 0 Å². The monoisotopic (exact) mass is 475 g/mol. The second kappa shape index (κ2) is 10.2. The molecule has 5 rings (SSSR count). The van der Waals surface area contributed by atoms with Gasteiger partial charge in [0, 0.05) is 23.0 Å². The van der Waals surface area contributed by atoms with Crippen LogP contribution in [0.25, 0.3) is 11.3 Å². The lowest BCUT2D eigenvalue weighted by molar-refractivity contribution is 0.814. The Hall–Kier alpha value is -3.59. The van der Waals surface area contributed by atoms with E-state index in [9.17, 15) is 0 Å². The maximum Gasteiger partial charge on any atom is 0.0940 e. The molecule has 1 aliphatic heterocycles. The van der Waals surface area contributed by atoms with Crippen LogP contribution in [0.3, 0.4) is 0 Å². The van der Waals surface area contributed by atoms with Crippen molar-refractivity contribution in [1.29, 1.82) is 0 Å². The van der Waals surface area contributed by atoms with Crippen molar-refractivity contribution in [1.82, 2.24) is 4.98 Å². The van der Waals surface area contributed by atoms with E-state index in [1.54, 1.807) is 0 Å². The number of anilines is 2. The zero-order chi connectivity index (χ0) is 25.2. The van der Waals surface area contributed by atoms with Crippen LogP contribution in [-0.2, 0) is 6.42 Å². The highest BCUT2D eigenvalue weighted by molar-refractivity contribution is 5.80. The van der Waals surface area contributed by atoms with Crippen molar-refractivity contribution in [2.45, 2.75) is 65.0 Å². The molecular weight excluding hydrogens is 438 g/mol. The van der Waals surface area contributed by atoms with Crippen molar-refractivity contribution in [2.75, 3.05) is 10.6 Å². The molecule has 2 atom stereocenters. The molecule has 0 amide bonds. The van der Waals surface area contributed by atoms with Crippen molar-refractivity contribution in [2.24, 2.45) is 0 Å². The van der Waals surface area contributed by atoms with Gasteiger partial charge >= 0.3 is 0 Å². The molecule has 0 radical (unpaired) electrons. The predicted molar refractivity (Wildman–Crippen MR) is 153 cm³/mol. The largest absolute Gasteiger partial charge is 0.381 e. The molecule has 0 aliphatic carbocycles. The SMILES string of the molecule is CC1Cc2cccc(-c3cccc([C@@H](Nc4c(C(C)C)cccc4C(C)C)c4ccccc4)n3)c2N1. The van der Waals surface area contributed by atoms with Crippen molar-refractivity contribution in [3.05, 3.63) is 113 Å². The maximum absolute atomic E-state index is 5.26. The van der Waals surface area contributed by atoms with Gasteiger partial charge in [-0.2, -0.15) is 0 Å². The average molecular weight is 476 g/mol. The summed E-state index contributed by atoms with van der Waals surface area (Å²) < 4.78 is 0. The summed E-state index contributed by atoms with van der Waals surface area (Å²) in [4.78, 5) is 5.26. The molecule has 2 N–H and O–H groups in total. The number of aromatic nitrogens is 1. The first kappa shape index (κ1) is 24.1. The normalized spacial score (nSPS) is 15.6. The van der Waals surface area contributed by atoms with Crippen molar-refractivity contribution in [3.8, 4) is 11.3 Å². The molecule has 0 saturated carbocycles. The number of nitrogens with zero attached hydrogens (tertiary/aromatic N) is 1. The molecule has 184 valence electrons. The van der Waals surface area contributed by atoms with E-state index in [2.05, 4.69) is 130 Å². The van der Waals surface area contributed by atoms with Gasteiger partial charge < -0.3 is 10.6 Å². The zero-order valence-corrected chi connectivity index (χ0v) is 22.0. The number of hydrogen-bond acceptors (Lipinski definition) is 3. The number of hydrogen-bond donors (Lipinski definition) is 2. The lowest BCUT2D eigenvalue weighted by Gasteiger charge is -2.27. The van der Waals surface area contributed by atoms with E-state index in [4.69, 9.17) is 4.98 Å². The van der Waals surface area contributed by atoms with E-state index < -0.39 is 0 Å². The number of fused-ring (bicyclic) bond motifs is 1. The van der Waals surface area contributed by atoms with Crippen LogP contribution in [-0.4, -0.2) is 11.0 Å². The summed E-state index contributed by atoms with van der Waals surface area (Å²) in [6.45, 7) is 11.3. The van der Waals surface area contributed by atoms with Crippen LogP contribution < -0.4 is 10.6 Å². The molecule has 0 bridgehead atoms. The Labute approximate surface area is 216 Å². The van der Waals surface area contributed by atoms with Crippen LogP contribution >= 0.6 is 0 Å². The third kappa shape index (κ3) is 4.75. The average Bonchev–Trinajstić information content (AvgIpc) is 3.27. The second-order valence-corrected chi connectivity index (χ2v) is 10.6. The van der Waals surface area contributed by atoms with Gasteiger partial charge in [-0.1, -0.05) is 100 Å². The van der Waals surface area contributed by atoms with E-state index >= 15 is 0 Å². The van der Waals surface area contributed by atoms with E-state index in [1.807, 2.05) is 0 Å². The summed E-state index contributed by atoms with van der Waals surface area (Å²) in [7, 11) is 0. The summed E-state index contributed by atoms with van der Waals surface area (Å²) in [6.07, 6.45) is 1.06. The lowest BCUT2D eigenvalue weighted by atomic mass is 9.91. The van der Waals surface area contributed by atoms with Gasteiger partial charge in [0.2, 0.25) is 0 Å². The number of rotatable bonds is 7. The number of para-hydroxylation sites is 2. The molecule has 0 spiro atoms. The van der Waals surface area contributed by atoms with Gasteiger partial charge in [-0.3, -0.25) is 4.98 Å². The van der Waals surface area contributed by atoms with E-state index in [-0.39, 0.29) is 6.04 Å². The van der Waals surface area contributed by atoms with Gasteiger partial charge in [0.05, 0.1) is 17.4 Å². The first-order valence-electron chi connectivity index (χ1n) is 13.2. The first-order chi connectivity index (χ1) is 17.4. The topological polar surface area (TPSA) is 37.0 Å². The first-order valence-corrected chi connectivity index (χ1v) is 13.2. The molecule has 1 aromatic heterocycles. The van der Waals surface area contributed by atoms with Gasteiger partial charge in [-0.15, -0.1) is 0 Å². The Bertz CT molecular complexity index is 1310. The predicted octanol–water partition coefficient (Wildman–Crippen LogP) is 8.55. The number of benzene rings is 3. The fourth-order valence-electron chi connectivity index (χ4n) is 5.38. The van der Waals surface area contributed by atoms with Crippen LogP contribution in [0.5, 0.6) is 0 Å². The molecule has 0 fully saturated rings.